The fourth-order valence-corrected chi connectivity index (χ4v) is 5.89. The molecule has 1 saturated carbocycles. The van der Waals surface area contributed by atoms with E-state index >= 15 is 0 Å². The Labute approximate surface area is 183 Å². The molecule has 2 aromatic rings. The molecule has 31 heavy (non-hydrogen) atoms. The van der Waals surface area contributed by atoms with Crippen molar-refractivity contribution in [2.45, 2.75) is 70.9 Å². The normalized spacial score (nSPS) is 29.2. The largest absolute Gasteiger partial charge is 0.393 e. The summed E-state index contributed by atoms with van der Waals surface area (Å²) in [5, 5.41) is 13.9. The first-order chi connectivity index (χ1) is 15.0. The number of rotatable bonds is 3. The highest BCUT2D eigenvalue weighted by Crippen LogP contribution is 2.43. The molecule has 7 nitrogen and oxygen atoms in total. The summed E-state index contributed by atoms with van der Waals surface area (Å²) in [7, 11) is 0. The third kappa shape index (κ3) is 3.63. The molecular weight excluding hydrogens is 392 g/mol. The van der Waals surface area contributed by atoms with E-state index in [1.54, 1.807) is 0 Å². The summed E-state index contributed by atoms with van der Waals surface area (Å²) in [6.45, 7) is 6.39. The molecule has 2 aliphatic heterocycles. The van der Waals surface area contributed by atoms with Gasteiger partial charge in [0.2, 0.25) is 5.91 Å². The van der Waals surface area contributed by atoms with Crippen molar-refractivity contribution in [2.24, 2.45) is 5.41 Å². The van der Waals surface area contributed by atoms with Crippen LogP contribution in [0.1, 0.15) is 56.4 Å². The molecule has 4 heterocycles. The van der Waals surface area contributed by atoms with Crippen molar-refractivity contribution in [3.63, 3.8) is 0 Å². The SMILES string of the molecule is Cc1noc(C)c1-c1ccc(N2CCC[C@]3(CCN(C4CCC(O)CC4)C3=O)C2)nc1. The third-order valence-corrected chi connectivity index (χ3v) is 7.62. The zero-order valence-electron chi connectivity index (χ0n) is 18.5. The van der Waals surface area contributed by atoms with E-state index in [-0.39, 0.29) is 11.5 Å². The van der Waals surface area contributed by atoms with E-state index in [2.05, 4.69) is 27.1 Å². The summed E-state index contributed by atoms with van der Waals surface area (Å²) >= 11 is 0. The van der Waals surface area contributed by atoms with E-state index < -0.39 is 0 Å². The number of aryl methyl sites for hydroxylation is 2. The number of carbonyl (C=O) groups excluding carboxylic acids is 1. The molecule has 0 radical (unpaired) electrons. The fraction of sp³-hybridized carbons (Fsp3) is 0.625. The Kier molecular flexibility index (Phi) is 5.24. The average molecular weight is 425 g/mol. The molecule has 0 unspecified atom stereocenters. The third-order valence-electron chi connectivity index (χ3n) is 7.62. The maximum atomic E-state index is 13.5. The van der Waals surface area contributed by atoms with Gasteiger partial charge in [-0.2, -0.15) is 0 Å². The Balaban J connectivity index is 1.31. The lowest BCUT2D eigenvalue weighted by atomic mass is 9.78. The van der Waals surface area contributed by atoms with Crippen molar-refractivity contribution in [1.29, 1.82) is 0 Å². The monoisotopic (exact) mass is 424 g/mol. The second-order valence-electron chi connectivity index (χ2n) is 9.62. The molecule has 166 valence electrons. The van der Waals surface area contributed by atoms with Crippen LogP contribution in [0, 0.1) is 19.3 Å². The maximum Gasteiger partial charge on any atom is 0.230 e. The number of hydrogen-bond donors (Lipinski definition) is 1. The Morgan fingerprint density at radius 2 is 1.94 bits per heavy atom. The number of hydrogen-bond acceptors (Lipinski definition) is 6. The highest BCUT2D eigenvalue weighted by atomic mass is 16.5. The van der Waals surface area contributed by atoms with Crippen LogP contribution in [0.4, 0.5) is 5.82 Å². The van der Waals surface area contributed by atoms with Gasteiger partial charge in [-0.3, -0.25) is 4.79 Å². The van der Waals surface area contributed by atoms with Crippen LogP contribution in [0.25, 0.3) is 11.1 Å². The molecule has 0 bridgehead atoms. The van der Waals surface area contributed by atoms with Crippen LogP contribution >= 0.6 is 0 Å². The topological polar surface area (TPSA) is 82.7 Å². The molecule has 7 heteroatoms. The van der Waals surface area contributed by atoms with Gasteiger partial charge in [0.1, 0.15) is 11.6 Å². The van der Waals surface area contributed by atoms with Gasteiger partial charge < -0.3 is 19.4 Å². The average Bonchev–Trinajstić information content (AvgIpc) is 3.28. The van der Waals surface area contributed by atoms with E-state index in [1.165, 1.54) is 0 Å². The molecule has 2 aromatic heterocycles. The summed E-state index contributed by atoms with van der Waals surface area (Å²) in [4.78, 5) is 22.7. The van der Waals surface area contributed by atoms with Gasteiger partial charge in [-0.15, -0.1) is 0 Å². The van der Waals surface area contributed by atoms with E-state index in [0.29, 0.717) is 11.9 Å². The van der Waals surface area contributed by atoms with Crippen LogP contribution in [0.5, 0.6) is 0 Å². The molecule has 1 atom stereocenters. The second-order valence-corrected chi connectivity index (χ2v) is 9.62. The Hall–Kier alpha value is -2.41. The van der Waals surface area contributed by atoms with E-state index in [4.69, 9.17) is 9.51 Å². The minimum atomic E-state index is -0.281. The van der Waals surface area contributed by atoms with Gasteiger partial charge in [-0.05, 0) is 70.9 Å². The van der Waals surface area contributed by atoms with Crippen LogP contribution in [0.15, 0.2) is 22.9 Å². The first kappa shape index (κ1) is 20.5. The molecule has 2 saturated heterocycles. The summed E-state index contributed by atoms with van der Waals surface area (Å²) in [6, 6.07) is 4.43. The number of pyridine rings is 1. The number of carbonyl (C=O) groups is 1. The van der Waals surface area contributed by atoms with Crippen molar-refractivity contribution in [1.82, 2.24) is 15.0 Å². The number of aromatic nitrogens is 2. The lowest BCUT2D eigenvalue weighted by Crippen LogP contribution is -2.50. The highest BCUT2D eigenvalue weighted by Gasteiger charge is 2.50. The van der Waals surface area contributed by atoms with Crippen molar-refractivity contribution in [2.75, 3.05) is 24.5 Å². The standard InChI is InChI=1S/C24H32N4O3/c1-16-22(17(2)31-26-16)18-4-9-21(25-14-18)27-12-3-10-24(15-27)11-13-28(23(24)30)19-5-7-20(29)8-6-19/h4,9,14,19-20,29H,3,5-8,10-13,15H2,1-2H3/t19?,20?,24-/m0/s1. The zero-order chi connectivity index (χ0) is 21.6. The summed E-state index contributed by atoms with van der Waals surface area (Å²) in [5.74, 6) is 2.06. The Bertz CT molecular complexity index is 929. The van der Waals surface area contributed by atoms with E-state index in [9.17, 15) is 9.90 Å². The van der Waals surface area contributed by atoms with Gasteiger partial charge in [-0.1, -0.05) is 5.16 Å². The minimum absolute atomic E-state index is 0.187. The second kappa shape index (κ2) is 7.93. The Morgan fingerprint density at radius 3 is 2.61 bits per heavy atom. The molecule has 1 N–H and O–H groups in total. The van der Waals surface area contributed by atoms with Gasteiger partial charge in [0, 0.05) is 43.0 Å². The van der Waals surface area contributed by atoms with Gasteiger partial charge in [0.25, 0.3) is 0 Å². The van der Waals surface area contributed by atoms with Crippen molar-refractivity contribution in [3.8, 4) is 11.1 Å². The van der Waals surface area contributed by atoms with Crippen molar-refractivity contribution < 1.29 is 14.4 Å². The smallest absolute Gasteiger partial charge is 0.230 e. The summed E-state index contributed by atoms with van der Waals surface area (Å²) in [5.41, 5.74) is 2.61. The maximum absolute atomic E-state index is 13.5. The van der Waals surface area contributed by atoms with Gasteiger partial charge >= 0.3 is 0 Å². The molecule has 1 aliphatic carbocycles. The van der Waals surface area contributed by atoms with Gasteiger partial charge in [0.15, 0.2) is 0 Å². The molecular formula is C24H32N4O3. The van der Waals surface area contributed by atoms with Crippen LogP contribution in [0.2, 0.25) is 0 Å². The zero-order valence-corrected chi connectivity index (χ0v) is 18.5. The van der Waals surface area contributed by atoms with E-state index in [1.807, 2.05) is 20.0 Å². The first-order valence-electron chi connectivity index (χ1n) is 11.6. The van der Waals surface area contributed by atoms with Crippen LogP contribution in [0.3, 0.4) is 0 Å². The Morgan fingerprint density at radius 1 is 1.13 bits per heavy atom. The van der Waals surface area contributed by atoms with Crippen LogP contribution in [-0.4, -0.2) is 57.8 Å². The summed E-state index contributed by atoms with van der Waals surface area (Å²) in [6.07, 6.45) is 8.09. The van der Waals surface area contributed by atoms with Crippen molar-refractivity contribution in [3.05, 3.63) is 29.8 Å². The van der Waals surface area contributed by atoms with Crippen LogP contribution < -0.4 is 4.90 Å². The highest BCUT2D eigenvalue weighted by molar-refractivity contribution is 5.86. The van der Waals surface area contributed by atoms with E-state index in [0.717, 1.165) is 93.0 Å². The quantitative estimate of drug-likeness (QED) is 0.812. The molecule has 3 fully saturated rings. The summed E-state index contributed by atoms with van der Waals surface area (Å²) < 4.78 is 5.29. The lowest BCUT2D eigenvalue weighted by molar-refractivity contribution is -0.139. The molecule has 1 amide bonds. The molecule has 0 aromatic carbocycles. The number of aliphatic hydroxyl groups is 1. The number of piperidine rings is 1. The molecule has 5 rings (SSSR count). The number of aliphatic hydroxyl groups excluding tert-OH is 1. The number of nitrogens with zero attached hydrogens (tertiary/aromatic N) is 4. The van der Waals surface area contributed by atoms with Crippen LogP contribution in [-0.2, 0) is 4.79 Å². The van der Waals surface area contributed by atoms with Gasteiger partial charge in [0.05, 0.1) is 17.2 Å². The minimum Gasteiger partial charge on any atom is -0.393 e. The van der Waals surface area contributed by atoms with Gasteiger partial charge in [-0.25, -0.2) is 4.98 Å². The predicted octanol–water partition coefficient (Wildman–Crippen LogP) is 3.48. The number of anilines is 1. The number of likely N-dealkylation sites (tertiary alicyclic amines) is 1. The molecule has 3 aliphatic rings. The fourth-order valence-electron chi connectivity index (χ4n) is 5.89. The number of amides is 1. The first-order valence-corrected chi connectivity index (χ1v) is 11.6. The molecule has 1 spiro atoms. The lowest BCUT2D eigenvalue weighted by Gasteiger charge is -2.41. The predicted molar refractivity (Wildman–Crippen MR) is 118 cm³/mol. The van der Waals surface area contributed by atoms with Crippen molar-refractivity contribution >= 4 is 11.7 Å².